The van der Waals surface area contributed by atoms with Gasteiger partial charge in [0.1, 0.15) is 11.4 Å². The number of amides is 2. The lowest BCUT2D eigenvalue weighted by molar-refractivity contribution is -0.137. The van der Waals surface area contributed by atoms with Gasteiger partial charge in [-0.2, -0.15) is 13.2 Å². The Morgan fingerprint density at radius 2 is 1.88 bits per heavy atom. The first-order valence-corrected chi connectivity index (χ1v) is 8.64. The molecular weight excluding hydrogens is 367 g/mol. The van der Waals surface area contributed by atoms with Crippen LogP contribution in [0.2, 0.25) is 0 Å². The Balaban J connectivity index is 2.13. The van der Waals surface area contributed by atoms with Crippen LogP contribution in [0.4, 0.5) is 18.9 Å². The maximum Gasteiger partial charge on any atom is 0.418 e. The minimum Gasteiger partial charge on any atom is -0.329 e. The minimum absolute atomic E-state index is 0.240. The van der Waals surface area contributed by atoms with Crippen LogP contribution in [-0.2, 0) is 11.0 Å². The van der Waals surface area contributed by atoms with E-state index in [-0.39, 0.29) is 24.7 Å². The van der Waals surface area contributed by atoms with Gasteiger partial charge in [0.2, 0.25) is 5.91 Å². The average Bonchev–Trinajstić information content (AvgIpc) is 2.90. The topological polar surface area (TPSA) is 62.3 Å². The van der Waals surface area contributed by atoms with Gasteiger partial charge in [-0.25, -0.2) is 4.98 Å². The van der Waals surface area contributed by atoms with Gasteiger partial charge >= 0.3 is 6.18 Å². The molecule has 0 aliphatic carbocycles. The van der Waals surface area contributed by atoms with Crippen molar-refractivity contribution in [3.63, 3.8) is 0 Å². The number of benzene rings is 1. The number of rotatable bonds is 5. The number of anilines is 1. The molecule has 0 saturated carbocycles. The van der Waals surface area contributed by atoms with E-state index in [0.717, 1.165) is 11.1 Å². The Hall–Kier alpha value is -2.42. The van der Waals surface area contributed by atoms with E-state index in [2.05, 4.69) is 10.3 Å². The number of aromatic nitrogens is 1. The molecule has 9 heteroatoms. The lowest BCUT2D eigenvalue weighted by atomic mass is 10.1. The molecule has 0 saturated heterocycles. The number of nitrogens with zero attached hydrogens (tertiary/aromatic N) is 2. The third kappa shape index (κ3) is 4.60. The molecule has 0 unspecified atom stereocenters. The summed E-state index contributed by atoms with van der Waals surface area (Å²) >= 11 is 1.22. The van der Waals surface area contributed by atoms with Crippen LogP contribution in [0.15, 0.2) is 24.3 Å². The third-order valence-electron chi connectivity index (χ3n) is 3.61. The Labute approximate surface area is 152 Å². The first kappa shape index (κ1) is 19.9. The fourth-order valence-corrected chi connectivity index (χ4v) is 3.29. The summed E-state index contributed by atoms with van der Waals surface area (Å²) < 4.78 is 39.0. The summed E-state index contributed by atoms with van der Waals surface area (Å²) in [4.78, 5) is 30.6. The molecule has 1 N–H and O–H groups in total. The average molecular weight is 385 g/mol. The number of halogens is 3. The molecule has 0 aliphatic rings. The standard InChI is InChI=1S/C17H18F3N3O2S/c1-4-23(16(25)15-10(2)21-11(3)26-15)9-14(24)22-13-8-6-5-7-12(13)17(18,19)20/h5-8H,4,9H2,1-3H3,(H,22,24). The maximum absolute atomic E-state index is 13.0. The van der Waals surface area contributed by atoms with Gasteiger partial charge in [-0.1, -0.05) is 12.1 Å². The minimum atomic E-state index is -4.58. The second kappa shape index (κ2) is 7.86. The third-order valence-corrected chi connectivity index (χ3v) is 4.67. The summed E-state index contributed by atoms with van der Waals surface area (Å²) in [5, 5.41) is 2.97. The Morgan fingerprint density at radius 1 is 1.23 bits per heavy atom. The number of para-hydroxylation sites is 1. The zero-order chi connectivity index (χ0) is 19.5. The zero-order valence-corrected chi connectivity index (χ0v) is 15.3. The number of carbonyl (C=O) groups excluding carboxylic acids is 2. The van der Waals surface area contributed by atoms with Crippen LogP contribution >= 0.6 is 11.3 Å². The monoisotopic (exact) mass is 385 g/mol. The highest BCUT2D eigenvalue weighted by Crippen LogP contribution is 2.34. The molecule has 2 aromatic rings. The molecule has 0 atom stereocenters. The number of aryl methyl sites for hydroxylation is 2. The van der Waals surface area contributed by atoms with Crippen LogP contribution in [0.25, 0.3) is 0 Å². The van der Waals surface area contributed by atoms with Crippen molar-refractivity contribution < 1.29 is 22.8 Å². The number of nitrogens with one attached hydrogen (secondary N) is 1. The van der Waals surface area contributed by atoms with E-state index in [0.29, 0.717) is 10.6 Å². The van der Waals surface area contributed by atoms with E-state index >= 15 is 0 Å². The molecule has 26 heavy (non-hydrogen) atoms. The van der Waals surface area contributed by atoms with Gasteiger partial charge in [0.05, 0.1) is 22.0 Å². The molecule has 1 aromatic heterocycles. The van der Waals surface area contributed by atoms with Crippen molar-refractivity contribution in [1.82, 2.24) is 9.88 Å². The fourth-order valence-electron chi connectivity index (χ4n) is 2.40. The van der Waals surface area contributed by atoms with Crippen molar-refractivity contribution in [2.45, 2.75) is 26.9 Å². The number of hydrogen-bond donors (Lipinski definition) is 1. The van der Waals surface area contributed by atoms with E-state index in [1.165, 1.54) is 34.4 Å². The Morgan fingerprint density at radius 3 is 2.42 bits per heavy atom. The number of likely N-dealkylation sites (N-methyl/N-ethyl adjacent to an activating group) is 1. The summed E-state index contributed by atoms with van der Waals surface area (Å²) in [5.74, 6) is -1.06. The molecule has 0 bridgehead atoms. The lowest BCUT2D eigenvalue weighted by Crippen LogP contribution is -2.38. The molecule has 1 aromatic carbocycles. The molecule has 0 aliphatic heterocycles. The molecule has 0 fully saturated rings. The molecule has 140 valence electrons. The molecule has 0 spiro atoms. The van der Waals surface area contributed by atoms with Gasteiger partial charge in [0.15, 0.2) is 0 Å². The molecule has 0 radical (unpaired) electrons. The summed E-state index contributed by atoms with van der Waals surface area (Å²) in [6.07, 6.45) is -4.58. The molecule has 2 rings (SSSR count). The van der Waals surface area contributed by atoms with Crippen molar-refractivity contribution in [2.24, 2.45) is 0 Å². The number of hydrogen-bond acceptors (Lipinski definition) is 4. The van der Waals surface area contributed by atoms with Gasteiger partial charge in [-0.15, -0.1) is 11.3 Å². The first-order chi connectivity index (χ1) is 12.1. The zero-order valence-electron chi connectivity index (χ0n) is 14.5. The molecule has 1 heterocycles. The Bertz CT molecular complexity index is 818. The summed E-state index contributed by atoms with van der Waals surface area (Å²) in [6, 6.07) is 4.71. The van der Waals surface area contributed by atoms with Gasteiger partial charge in [0.25, 0.3) is 5.91 Å². The van der Waals surface area contributed by atoms with Crippen LogP contribution in [0.1, 0.15) is 32.9 Å². The van der Waals surface area contributed by atoms with E-state index in [4.69, 9.17) is 0 Å². The van der Waals surface area contributed by atoms with E-state index in [1.807, 2.05) is 0 Å². The number of carbonyl (C=O) groups is 2. The van der Waals surface area contributed by atoms with Crippen molar-refractivity contribution in [2.75, 3.05) is 18.4 Å². The number of thiazole rings is 1. The second-order valence-electron chi connectivity index (χ2n) is 5.56. The van der Waals surface area contributed by atoms with Crippen molar-refractivity contribution in [3.8, 4) is 0 Å². The second-order valence-corrected chi connectivity index (χ2v) is 6.76. The maximum atomic E-state index is 13.0. The summed E-state index contributed by atoms with van der Waals surface area (Å²) in [5.41, 5.74) is -0.700. The van der Waals surface area contributed by atoms with Crippen LogP contribution in [0.3, 0.4) is 0 Å². The molecule has 5 nitrogen and oxygen atoms in total. The SMILES string of the molecule is CCN(CC(=O)Nc1ccccc1C(F)(F)F)C(=O)c1sc(C)nc1C. The van der Waals surface area contributed by atoms with E-state index < -0.39 is 17.6 Å². The van der Waals surface area contributed by atoms with E-state index in [9.17, 15) is 22.8 Å². The molecule has 2 amide bonds. The quantitative estimate of drug-likeness (QED) is 0.850. The van der Waals surface area contributed by atoms with Crippen molar-refractivity contribution in [3.05, 3.63) is 45.4 Å². The van der Waals surface area contributed by atoms with Gasteiger partial charge in [-0.3, -0.25) is 9.59 Å². The highest BCUT2D eigenvalue weighted by atomic mass is 32.1. The van der Waals surface area contributed by atoms with E-state index in [1.54, 1.807) is 20.8 Å². The van der Waals surface area contributed by atoms with Gasteiger partial charge < -0.3 is 10.2 Å². The summed E-state index contributed by atoms with van der Waals surface area (Å²) in [7, 11) is 0. The molecular formula is C17H18F3N3O2S. The van der Waals surface area contributed by atoms with Crippen molar-refractivity contribution >= 4 is 28.8 Å². The predicted octanol–water partition coefficient (Wildman–Crippen LogP) is 3.88. The largest absolute Gasteiger partial charge is 0.418 e. The number of alkyl halides is 3. The van der Waals surface area contributed by atoms with Crippen molar-refractivity contribution in [1.29, 1.82) is 0 Å². The van der Waals surface area contributed by atoms with Crippen LogP contribution in [0.5, 0.6) is 0 Å². The van der Waals surface area contributed by atoms with Crippen LogP contribution in [-0.4, -0.2) is 34.8 Å². The smallest absolute Gasteiger partial charge is 0.329 e. The lowest BCUT2D eigenvalue weighted by Gasteiger charge is -2.20. The van der Waals surface area contributed by atoms with Crippen LogP contribution < -0.4 is 5.32 Å². The normalized spacial score (nSPS) is 11.3. The van der Waals surface area contributed by atoms with Gasteiger partial charge in [-0.05, 0) is 32.9 Å². The Kier molecular flexibility index (Phi) is 6.01. The summed E-state index contributed by atoms with van der Waals surface area (Å²) in [6.45, 7) is 5.05. The van der Waals surface area contributed by atoms with Gasteiger partial charge in [0, 0.05) is 6.54 Å². The first-order valence-electron chi connectivity index (χ1n) is 7.82. The predicted molar refractivity (Wildman–Crippen MR) is 93.2 cm³/mol. The highest BCUT2D eigenvalue weighted by molar-refractivity contribution is 7.13. The highest BCUT2D eigenvalue weighted by Gasteiger charge is 2.33. The van der Waals surface area contributed by atoms with Crippen LogP contribution in [0, 0.1) is 13.8 Å². The fraction of sp³-hybridized carbons (Fsp3) is 0.353.